The van der Waals surface area contributed by atoms with Gasteiger partial charge in [-0.2, -0.15) is 0 Å². The fourth-order valence-corrected chi connectivity index (χ4v) is 6.65. The molecule has 0 unspecified atom stereocenters. The third-order valence-corrected chi connectivity index (χ3v) is 8.87. The van der Waals surface area contributed by atoms with E-state index in [1.165, 1.54) is 23.0 Å². The van der Waals surface area contributed by atoms with Gasteiger partial charge in [0.2, 0.25) is 0 Å². The van der Waals surface area contributed by atoms with Crippen LogP contribution in [0.5, 0.6) is 0 Å². The first-order chi connectivity index (χ1) is 16.0. The average Bonchev–Trinajstić information content (AvgIpc) is 3.04. The van der Waals surface area contributed by atoms with Crippen LogP contribution in [0.1, 0.15) is 64.2 Å². The molecule has 0 N–H and O–H groups in total. The molecule has 7 heteroatoms. The summed E-state index contributed by atoms with van der Waals surface area (Å²) < 4.78 is 6.57. The molecule has 0 atom stereocenters. The van der Waals surface area contributed by atoms with Crippen LogP contribution in [0.3, 0.4) is 0 Å². The van der Waals surface area contributed by atoms with Crippen molar-refractivity contribution in [1.29, 1.82) is 0 Å². The van der Waals surface area contributed by atoms with Crippen molar-refractivity contribution in [3.8, 4) is 0 Å². The number of benzene rings is 1. The predicted molar refractivity (Wildman–Crippen MR) is 145 cm³/mol. The summed E-state index contributed by atoms with van der Waals surface area (Å²) in [7, 11) is 0. The Morgan fingerprint density at radius 1 is 1.12 bits per heavy atom. The van der Waals surface area contributed by atoms with Gasteiger partial charge in [-0.15, -0.1) is 0 Å². The summed E-state index contributed by atoms with van der Waals surface area (Å²) in [4.78, 5) is 30.0. The van der Waals surface area contributed by atoms with Gasteiger partial charge in [-0.3, -0.25) is 9.69 Å². The Balaban J connectivity index is 1.62. The number of rotatable bonds is 3. The summed E-state index contributed by atoms with van der Waals surface area (Å²) in [6.07, 6.45) is 7.31. The maximum atomic E-state index is 13.0. The van der Waals surface area contributed by atoms with Crippen LogP contribution < -0.4 is 10.5 Å². The summed E-state index contributed by atoms with van der Waals surface area (Å²) in [6.45, 7) is 13.6. The molecule has 0 aliphatic carbocycles. The van der Waals surface area contributed by atoms with Crippen LogP contribution in [0.4, 0.5) is 5.69 Å². The first kappa shape index (κ1) is 23.4. The second-order valence-electron chi connectivity index (χ2n) is 10.6. The molecule has 178 valence electrons. The van der Waals surface area contributed by atoms with Gasteiger partial charge < -0.3 is 9.32 Å². The minimum atomic E-state index is -0.363. The van der Waals surface area contributed by atoms with Crippen LogP contribution in [-0.2, 0) is 15.6 Å². The lowest BCUT2D eigenvalue weighted by Gasteiger charge is -2.48. The Morgan fingerprint density at radius 2 is 1.82 bits per heavy atom. The number of likely N-dealkylation sites (N-methyl/N-ethyl adjacent to an activating group) is 1. The molecule has 1 amide bonds. The molecule has 4 heterocycles. The van der Waals surface area contributed by atoms with E-state index in [1.807, 2.05) is 13.0 Å². The highest BCUT2D eigenvalue weighted by Crippen LogP contribution is 2.51. The van der Waals surface area contributed by atoms with Gasteiger partial charge in [0.1, 0.15) is 9.90 Å². The summed E-state index contributed by atoms with van der Waals surface area (Å²) in [6, 6.07) is 4.15. The number of carbonyl (C=O) groups excluding carboxylic acids is 1. The molecule has 1 fully saturated rings. The van der Waals surface area contributed by atoms with Gasteiger partial charge in [0.25, 0.3) is 5.91 Å². The van der Waals surface area contributed by atoms with Crippen molar-refractivity contribution in [1.82, 2.24) is 4.90 Å². The molecule has 34 heavy (non-hydrogen) atoms. The molecule has 1 aromatic carbocycles. The lowest BCUT2D eigenvalue weighted by molar-refractivity contribution is -0.122. The maximum absolute atomic E-state index is 13.0. The zero-order valence-electron chi connectivity index (χ0n) is 20.4. The minimum Gasteiger partial charge on any atom is -0.422 e. The van der Waals surface area contributed by atoms with E-state index in [0.29, 0.717) is 26.9 Å². The number of amides is 1. The van der Waals surface area contributed by atoms with Crippen LogP contribution in [-0.4, -0.2) is 34.8 Å². The topological polar surface area (TPSA) is 53.8 Å². The summed E-state index contributed by atoms with van der Waals surface area (Å²) in [5.41, 5.74) is 4.56. The van der Waals surface area contributed by atoms with E-state index >= 15 is 0 Å². The number of allylic oxidation sites excluding steroid dienone is 2. The highest BCUT2D eigenvalue weighted by molar-refractivity contribution is 8.26. The third kappa shape index (κ3) is 3.64. The van der Waals surface area contributed by atoms with E-state index in [0.717, 1.165) is 36.9 Å². The zero-order valence-corrected chi connectivity index (χ0v) is 22.0. The van der Waals surface area contributed by atoms with Gasteiger partial charge in [-0.1, -0.05) is 57.8 Å². The van der Waals surface area contributed by atoms with Gasteiger partial charge in [0.05, 0.1) is 10.5 Å². The second kappa shape index (κ2) is 8.09. The van der Waals surface area contributed by atoms with E-state index in [9.17, 15) is 9.59 Å². The van der Waals surface area contributed by atoms with E-state index in [2.05, 4.69) is 38.7 Å². The monoisotopic (exact) mass is 494 g/mol. The molecule has 2 aromatic rings. The minimum absolute atomic E-state index is 0.0579. The number of nitrogens with zero attached hydrogens (tertiary/aromatic N) is 2. The Morgan fingerprint density at radius 3 is 2.50 bits per heavy atom. The van der Waals surface area contributed by atoms with E-state index in [4.69, 9.17) is 16.6 Å². The maximum Gasteiger partial charge on any atom is 0.343 e. The second-order valence-corrected chi connectivity index (χ2v) is 12.3. The molecule has 0 radical (unpaired) electrons. The molecule has 0 saturated carbocycles. The molecule has 0 bridgehead atoms. The fourth-order valence-electron chi connectivity index (χ4n) is 5.31. The van der Waals surface area contributed by atoms with Gasteiger partial charge >= 0.3 is 5.63 Å². The van der Waals surface area contributed by atoms with E-state index in [1.54, 1.807) is 23.1 Å². The number of carbonyl (C=O) groups is 1. The van der Waals surface area contributed by atoms with E-state index in [-0.39, 0.29) is 22.4 Å². The smallest absolute Gasteiger partial charge is 0.343 e. The quantitative estimate of drug-likeness (QED) is 0.308. The highest BCUT2D eigenvalue weighted by atomic mass is 32.2. The Hall–Kier alpha value is -2.38. The first-order valence-electron chi connectivity index (χ1n) is 11.9. The van der Waals surface area contributed by atoms with Crippen molar-refractivity contribution in [2.24, 2.45) is 0 Å². The molecule has 0 spiro atoms. The van der Waals surface area contributed by atoms with Gasteiger partial charge in [0.15, 0.2) is 0 Å². The molecule has 1 saturated heterocycles. The molecular weight excluding hydrogens is 464 g/mol. The van der Waals surface area contributed by atoms with Gasteiger partial charge in [-0.25, -0.2) is 4.79 Å². The molecular formula is C27H30N2O3S2. The van der Waals surface area contributed by atoms with Crippen molar-refractivity contribution in [2.45, 2.75) is 58.3 Å². The number of hydrogen-bond acceptors (Lipinski definition) is 6. The van der Waals surface area contributed by atoms with Crippen LogP contribution in [0, 0.1) is 0 Å². The van der Waals surface area contributed by atoms with Gasteiger partial charge in [-0.05, 0) is 60.4 Å². The first-order valence-corrected chi connectivity index (χ1v) is 13.1. The van der Waals surface area contributed by atoms with Crippen LogP contribution in [0.25, 0.3) is 17.0 Å². The number of thioether (sulfide) groups is 1. The Bertz CT molecular complexity index is 1350. The number of hydrogen-bond donors (Lipinski definition) is 0. The summed E-state index contributed by atoms with van der Waals surface area (Å²) >= 11 is 6.55. The summed E-state index contributed by atoms with van der Waals surface area (Å²) in [5.74, 6) is -0.0903. The van der Waals surface area contributed by atoms with Crippen molar-refractivity contribution in [3.05, 3.63) is 56.3 Å². The van der Waals surface area contributed by atoms with Crippen molar-refractivity contribution in [3.63, 3.8) is 0 Å². The van der Waals surface area contributed by atoms with Crippen LogP contribution in [0.2, 0.25) is 0 Å². The van der Waals surface area contributed by atoms with Crippen LogP contribution >= 0.6 is 24.0 Å². The largest absolute Gasteiger partial charge is 0.422 e. The molecule has 3 aliphatic heterocycles. The normalized spacial score (nSPS) is 22.3. The zero-order chi connectivity index (χ0) is 24.4. The average molecular weight is 495 g/mol. The molecule has 5 rings (SSSR count). The molecule has 3 aliphatic rings. The standard InChI is InChI=1S/C27H30N2O3S2/c1-6-29-23(30)19(34-25(29)33)9-7-8-16-14-17-15-18-21-20(22(17)32-24(16)31)27(4,5)11-13-28(21)12-10-26(18,2)3/h7-9,14-15H,6,10-13H2,1-5H3. The van der Waals surface area contributed by atoms with Crippen LogP contribution in [0.15, 0.2) is 38.4 Å². The number of thiocarbonyl (C=S) groups is 1. The molecule has 1 aromatic heterocycles. The van der Waals surface area contributed by atoms with Gasteiger partial charge in [0, 0.05) is 36.3 Å². The lowest BCUT2D eigenvalue weighted by atomic mass is 9.69. The van der Waals surface area contributed by atoms with Crippen molar-refractivity contribution >= 4 is 56.9 Å². The molecule has 5 nitrogen and oxygen atoms in total. The lowest BCUT2D eigenvalue weighted by Crippen LogP contribution is -2.44. The fraction of sp³-hybridized carbons (Fsp3) is 0.444. The number of fused-ring (bicyclic) bond motifs is 2. The predicted octanol–water partition coefficient (Wildman–Crippen LogP) is 5.74. The third-order valence-electron chi connectivity index (χ3n) is 7.47. The van der Waals surface area contributed by atoms with Crippen molar-refractivity contribution < 1.29 is 9.21 Å². The number of anilines is 1. The van der Waals surface area contributed by atoms with E-state index < -0.39 is 0 Å². The van der Waals surface area contributed by atoms with Crippen molar-refractivity contribution in [2.75, 3.05) is 24.5 Å². The Kier molecular flexibility index (Phi) is 5.56. The SMILES string of the molecule is CCN1C(=O)C(=CC=Cc2cc3cc4c5c(c3oc2=O)C(C)(C)CCN5CCC4(C)C)SC1=S. The highest BCUT2D eigenvalue weighted by Gasteiger charge is 2.41. The Labute approximate surface area is 209 Å². The summed E-state index contributed by atoms with van der Waals surface area (Å²) in [5, 5.41) is 0.954.